The van der Waals surface area contributed by atoms with Crippen molar-refractivity contribution in [2.24, 2.45) is 0 Å². The number of rotatable bonds is 32. The molecule has 0 saturated heterocycles. The van der Waals surface area contributed by atoms with Crippen molar-refractivity contribution in [1.82, 2.24) is 0 Å². The quantitative estimate of drug-likeness (QED) is 0.0362. The van der Waals surface area contributed by atoms with Crippen LogP contribution < -0.4 is 0 Å². The summed E-state index contributed by atoms with van der Waals surface area (Å²) in [5.41, 5.74) is 0. The Hall–Kier alpha value is 2.31. The van der Waals surface area contributed by atoms with Gasteiger partial charge in [-0.05, 0) is 0 Å². The fraction of sp³-hybridized carbons (Fsp3) is 1.00. The summed E-state index contributed by atoms with van der Waals surface area (Å²) in [5, 5.41) is 0. The molecule has 0 saturated carbocycles. The number of halogens is 2. The van der Waals surface area contributed by atoms with Gasteiger partial charge in [-0.15, -0.1) is 0 Å². The van der Waals surface area contributed by atoms with Gasteiger partial charge in [0, 0.05) is 0 Å². The van der Waals surface area contributed by atoms with Crippen LogP contribution in [0.3, 0.4) is 0 Å². The van der Waals surface area contributed by atoms with Gasteiger partial charge in [-0.25, -0.2) is 0 Å². The van der Waals surface area contributed by atoms with Crippen LogP contribution in [0, 0.1) is 0 Å². The zero-order valence-electron chi connectivity index (χ0n) is 29.3. The summed E-state index contributed by atoms with van der Waals surface area (Å²) < 4.78 is 0. The van der Waals surface area contributed by atoms with E-state index >= 15 is 0 Å². The van der Waals surface area contributed by atoms with Crippen molar-refractivity contribution in [2.45, 2.75) is 196 Å². The molecule has 258 valence electrons. The van der Waals surface area contributed by atoms with Gasteiger partial charge >= 0.3 is 281 Å². The van der Waals surface area contributed by atoms with Crippen LogP contribution in [0.25, 0.3) is 0 Å². The summed E-state index contributed by atoms with van der Waals surface area (Å²) in [6.45, 7) is 14.4. The first-order valence-electron chi connectivity index (χ1n) is 18.9. The van der Waals surface area contributed by atoms with Gasteiger partial charge in [0.05, 0.1) is 0 Å². The Labute approximate surface area is 279 Å². The summed E-state index contributed by atoms with van der Waals surface area (Å²) in [6, 6.07) is -3.05. The average molecular weight is 793 g/mol. The molecule has 0 fully saturated rings. The van der Waals surface area contributed by atoms with E-state index in [1.807, 2.05) is 0 Å². The molecule has 41 heavy (non-hydrogen) atoms. The van der Waals surface area contributed by atoms with Gasteiger partial charge in [0.25, 0.3) is 0 Å². The monoisotopic (exact) mass is 790 g/mol. The van der Waals surface area contributed by atoms with E-state index in [9.17, 15) is 0 Å². The maximum atomic E-state index is 4.98. The zero-order valence-corrected chi connectivity index (χ0v) is 35.4. The van der Waals surface area contributed by atoms with Gasteiger partial charge in [-0.3, -0.25) is 0 Å². The molecule has 5 heteroatoms. The van der Waals surface area contributed by atoms with Crippen LogP contribution in [0.4, 0.5) is 0 Å². The van der Waals surface area contributed by atoms with Gasteiger partial charge < -0.3 is 0 Å². The van der Waals surface area contributed by atoms with Gasteiger partial charge in [0.2, 0.25) is 0 Å². The van der Waals surface area contributed by atoms with E-state index in [4.69, 9.17) is 28.5 Å². The first kappa shape index (κ1) is 43.3. The third-order valence-corrected chi connectivity index (χ3v) is 65.6. The third-order valence-electron chi connectivity index (χ3n) is 9.62. The molecule has 0 atom stereocenters. The SMILES string of the molecule is CCCCCC[PH](CCCCCC)(CCCCCC)[Ni]([Br])([Br])[PH](CCCCCC)(CCCCCC)CCCCCC. The summed E-state index contributed by atoms with van der Waals surface area (Å²) in [5.74, 6) is 0. The predicted octanol–water partition coefficient (Wildman–Crippen LogP) is 15.6. The molecule has 0 aliphatic heterocycles. The Morgan fingerprint density at radius 1 is 0.293 bits per heavy atom. The number of unbranched alkanes of at least 4 members (excludes halogenated alkanes) is 18. The molecule has 0 rings (SSSR count). The van der Waals surface area contributed by atoms with Crippen LogP contribution in [-0.2, 0) is 7.98 Å². The second-order valence-electron chi connectivity index (χ2n) is 13.4. The Morgan fingerprint density at radius 3 is 0.610 bits per heavy atom. The van der Waals surface area contributed by atoms with E-state index in [0.717, 1.165) is 0 Å². The fourth-order valence-electron chi connectivity index (χ4n) is 6.85. The van der Waals surface area contributed by atoms with Gasteiger partial charge in [0.1, 0.15) is 0 Å². The minimum absolute atomic E-state index is 1.06. The van der Waals surface area contributed by atoms with E-state index in [-0.39, 0.29) is 0 Å². The van der Waals surface area contributed by atoms with Crippen molar-refractivity contribution in [3.8, 4) is 0 Å². The van der Waals surface area contributed by atoms with Crippen molar-refractivity contribution >= 4 is 40.5 Å². The second kappa shape index (κ2) is 28.5. The van der Waals surface area contributed by atoms with Gasteiger partial charge in [0.15, 0.2) is 0 Å². The molecule has 0 bridgehead atoms. The standard InChI is InChI=1S/2C18H39P.2BrH.Ni/c2*1-4-7-10-13-16-19(17-14-11-8-5-2)18-15-12-9-6-3;;;/h2*4-18H2,1-3H3;2*1H;. The number of hydrogen-bond donors (Lipinski definition) is 0. The Morgan fingerprint density at radius 2 is 0.463 bits per heavy atom. The van der Waals surface area contributed by atoms with Gasteiger partial charge in [-0.2, -0.15) is 0 Å². The van der Waals surface area contributed by atoms with E-state index in [2.05, 4.69) is 41.5 Å². The molecule has 0 amide bonds. The molecular weight excluding hydrogens is 713 g/mol. The van der Waals surface area contributed by atoms with Crippen molar-refractivity contribution < 1.29 is 7.98 Å². The molecule has 0 nitrogen and oxygen atoms in total. The normalized spacial score (nSPS) is 14.0. The van der Waals surface area contributed by atoms with Crippen molar-refractivity contribution in [1.29, 1.82) is 0 Å². The molecule has 0 aromatic rings. The van der Waals surface area contributed by atoms with Crippen molar-refractivity contribution in [3.63, 3.8) is 0 Å². The van der Waals surface area contributed by atoms with Crippen LogP contribution in [0.15, 0.2) is 0 Å². The van der Waals surface area contributed by atoms with E-state index < -0.39 is 20.1 Å². The van der Waals surface area contributed by atoms with Crippen LogP contribution in [0.5, 0.6) is 0 Å². The molecule has 0 aromatic heterocycles. The van der Waals surface area contributed by atoms with Crippen molar-refractivity contribution in [3.05, 3.63) is 0 Å². The van der Waals surface area contributed by atoms with E-state index in [1.54, 1.807) is 37.0 Å². The van der Waals surface area contributed by atoms with Crippen LogP contribution in [0.1, 0.15) is 196 Å². The van der Waals surface area contributed by atoms with E-state index in [1.165, 1.54) is 154 Å². The molecule has 0 aromatic carbocycles. The molecule has 0 unspecified atom stereocenters. The van der Waals surface area contributed by atoms with Gasteiger partial charge in [-0.1, -0.05) is 0 Å². The molecule has 0 aliphatic carbocycles. The van der Waals surface area contributed by atoms with Crippen molar-refractivity contribution in [2.75, 3.05) is 37.0 Å². The topological polar surface area (TPSA) is 0 Å². The zero-order chi connectivity index (χ0) is 30.7. The molecule has 0 radical (unpaired) electrons. The average Bonchev–Trinajstić information content (AvgIpc) is 2.97. The Balaban J connectivity index is 6.63. The maximum absolute atomic E-state index is 4.98. The first-order valence-corrected chi connectivity index (χ1v) is 31.6. The Kier molecular flexibility index (Phi) is 30.1. The Bertz CT molecular complexity index is 449. The van der Waals surface area contributed by atoms with Crippen LogP contribution in [-0.4, -0.2) is 37.0 Å². The van der Waals surface area contributed by atoms with Crippen LogP contribution in [0.2, 0.25) is 0 Å². The van der Waals surface area contributed by atoms with Crippen LogP contribution >= 0.6 is 40.5 Å². The molecule has 0 heterocycles. The number of hydrogen-bond acceptors (Lipinski definition) is 0. The summed E-state index contributed by atoms with van der Waals surface area (Å²) >= 11 is 9.96. The predicted molar refractivity (Wildman–Crippen MR) is 209 cm³/mol. The van der Waals surface area contributed by atoms with E-state index in [0.29, 0.717) is 0 Å². The molecule has 0 N–H and O–H groups in total. The molecule has 0 aliphatic rings. The molecular formula is C36H80Br2NiP2. The minimum atomic E-state index is -1.53. The first-order chi connectivity index (χ1) is 19.9. The summed E-state index contributed by atoms with van der Waals surface area (Å²) in [6.07, 6.45) is 44.5. The molecule has 0 spiro atoms. The second-order valence-corrected chi connectivity index (χ2v) is 50.0. The summed E-state index contributed by atoms with van der Waals surface area (Å²) in [7, 11) is -1.06. The summed E-state index contributed by atoms with van der Waals surface area (Å²) in [4.78, 5) is 0. The fourth-order valence-corrected chi connectivity index (χ4v) is 60.8. The third kappa shape index (κ3) is 17.7.